The number of hydrogen-bond donors (Lipinski definition) is 2. The molecule has 0 saturated heterocycles. The van der Waals surface area contributed by atoms with Crippen LogP contribution in [0, 0.1) is 0 Å². The number of nitrogens with one attached hydrogen (secondary N) is 2. The molecular formula is C13H23N3O2S2. The summed E-state index contributed by atoms with van der Waals surface area (Å²) in [5.41, 5.74) is 1.02. The number of thiophene rings is 1. The molecule has 0 bridgehead atoms. The van der Waals surface area contributed by atoms with Gasteiger partial charge in [-0.15, -0.1) is 11.3 Å². The van der Waals surface area contributed by atoms with Crippen molar-refractivity contribution >= 4 is 21.4 Å². The van der Waals surface area contributed by atoms with E-state index < -0.39 is 10.0 Å². The minimum absolute atomic E-state index is 0.402. The van der Waals surface area contributed by atoms with Crippen molar-refractivity contribution in [1.82, 2.24) is 14.9 Å². The molecule has 0 aliphatic heterocycles. The van der Waals surface area contributed by atoms with E-state index in [4.69, 9.17) is 0 Å². The molecule has 0 aromatic carbocycles. The number of hydrogen-bond acceptors (Lipinski definition) is 5. The smallest absolute Gasteiger partial charge is 0.250 e. The van der Waals surface area contributed by atoms with Gasteiger partial charge in [-0.25, -0.2) is 13.1 Å². The number of sulfonamides is 1. The van der Waals surface area contributed by atoms with Crippen molar-refractivity contribution in [2.45, 2.75) is 36.6 Å². The summed E-state index contributed by atoms with van der Waals surface area (Å²) >= 11 is 1.28. The van der Waals surface area contributed by atoms with Crippen LogP contribution in [-0.2, 0) is 16.6 Å². The van der Waals surface area contributed by atoms with E-state index in [0.29, 0.717) is 23.3 Å². The highest BCUT2D eigenvalue weighted by atomic mass is 32.2. The van der Waals surface area contributed by atoms with Gasteiger partial charge in [-0.2, -0.15) is 0 Å². The highest BCUT2D eigenvalue weighted by Crippen LogP contribution is 2.24. The largest absolute Gasteiger partial charge is 0.313 e. The summed E-state index contributed by atoms with van der Waals surface area (Å²) in [6, 6.07) is 2.41. The van der Waals surface area contributed by atoms with Crippen molar-refractivity contribution in [2.75, 3.05) is 26.7 Å². The average molecular weight is 317 g/mol. The van der Waals surface area contributed by atoms with Crippen molar-refractivity contribution in [3.8, 4) is 0 Å². The van der Waals surface area contributed by atoms with Crippen LogP contribution in [0.1, 0.15) is 25.3 Å². The van der Waals surface area contributed by atoms with E-state index >= 15 is 0 Å². The van der Waals surface area contributed by atoms with Gasteiger partial charge in [0, 0.05) is 25.7 Å². The van der Waals surface area contributed by atoms with Gasteiger partial charge in [0.1, 0.15) is 4.21 Å². The van der Waals surface area contributed by atoms with Crippen LogP contribution in [0.5, 0.6) is 0 Å². The SMILES string of the molecule is CCNCc1csc(S(=O)(=O)NCCN(C)C2CC2)c1. The summed E-state index contributed by atoms with van der Waals surface area (Å²) in [7, 11) is -1.30. The number of rotatable bonds is 9. The predicted octanol–water partition coefficient (Wildman–Crippen LogP) is 1.23. The Morgan fingerprint density at radius 2 is 2.20 bits per heavy atom. The summed E-state index contributed by atoms with van der Waals surface area (Å²) in [5, 5.41) is 5.09. The first kappa shape index (κ1) is 15.9. The van der Waals surface area contributed by atoms with Gasteiger partial charge in [-0.3, -0.25) is 0 Å². The van der Waals surface area contributed by atoms with Gasteiger partial charge in [-0.05, 0) is 43.4 Å². The molecule has 1 aromatic heterocycles. The lowest BCUT2D eigenvalue weighted by Gasteiger charge is -2.15. The second-order valence-electron chi connectivity index (χ2n) is 5.16. The minimum atomic E-state index is -3.35. The monoisotopic (exact) mass is 317 g/mol. The van der Waals surface area contributed by atoms with E-state index in [2.05, 4.69) is 14.9 Å². The quantitative estimate of drug-likeness (QED) is 0.719. The Morgan fingerprint density at radius 3 is 2.85 bits per heavy atom. The third-order valence-electron chi connectivity index (χ3n) is 3.40. The third-order valence-corrected chi connectivity index (χ3v) is 6.35. The van der Waals surface area contributed by atoms with Crippen LogP contribution in [0.2, 0.25) is 0 Å². The zero-order valence-corrected chi connectivity index (χ0v) is 13.7. The predicted molar refractivity (Wildman–Crippen MR) is 82.5 cm³/mol. The molecule has 0 unspecified atom stereocenters. The Morgan fingerprint density at radius 1 is 1.45 bits per heavy atom. The molecule has 5 nitrogen and oxygen atoms in total. The molecule has 1 aliphatic carbocycles. The highest BCUT2D eigenvalue weighted by molar-refractivity contribution is 7.91. The van der Waals surface area contributed by atoms with Crippen LogP contribution in [0.4, 0.5) is 0 Å². The van der Waals surface area contributed by atoms with E-state index in [1.54, 1.807) is 6.07 Å². The van der Waals surface area contributed by atoms with E-state index in [1.165, 1.54) is 24.2 Å². The molecule has 0 atom stereocenters. The minimum Gasteiger partial charge on any atom is -0.313 e. The second kappa shape index (κ2) is 7.00. The second-order valence-corrected chi connectivity index (χ2v) is 8.07. The Hall–Kier alpha value is -0.470. The van der Waals surface area contributed by atoms with Gasteiger partial charge in [-0.1, -0.05) is 6.92 Å². The summed E-state index contributed by atoms with van der Waals surface area (Å²) in [6.07, 6.45) is 2.48. The lowest BCUT2D eigenvalue weighted by molar-refractivity contribution is 0.329. The Bertz CT molecular complexity index is 523. The van der Waals surface area contributed by atoms with Crippen molar-refractivity contribution in [1.29, 1.82) is 0 Å². The Kier molecular flexibility index (Phi) is 5.57. The molecule has 0 radical (unpaired) electrons. The fraction of sp³-hybridized carbons (Fsp3) is 0.692. The van der Waals surface area contributed by atoms with Gasteiger partial charge in [0.25, 0.3) is 0 Å². The molecule has 0 amide bonds. The highest BCUT2D eigenvalue weighted by Gasteiger charge is 2.26. The molecule has 1 saturated carbocycles. The first-order chi connectivity index (χ1) is 9.53. The van der Waals surface area contributed by atoms with Gasteiger partial charge >= 0.3 is 0 Å². The first-order valence-electron chi connectivity index (χ1n) is 7.01. The van der Waals surface area contributed by atoms with E-state index in [1.807, 2.05) is 19.4 Å². The van der Waals surface area contributed by atoms with Gasteiger partial charge in [0.2, 0.25) is 10.0 Å². The van der Waals surface area contributed by atoms with E-state index in [-0.39, 0.29) is 0 Å². The molecule has 1 aliphatic rings. The summed E-state index contributed by atoms with van der Waals surface area (Å²) in [4.78, 5) is 2.22. The third kappa shape index (κ3) is 4.53. The zero-order chi connectivity index (χ0) is 14.6. The first-order valence-corrected chi connectivity index (χ1v) is 9.37. The van der Waals surface area contributed by atoms with Crippen molar-refractivity contribution in [3.05, 3.63) is 17.0 Å². The Labute approximate surface area is 125 Å². The van der Waals surface area contributed by atoms with Crippen molar-refractivity contribution < 1.29 is 8.42 Å². The fourth-order valence-electron chi connectivity index (χ4n) is 1.98. The summed E-state index contributed by atoms with van der Waals surface area (Å²) in [6.45, 7) is 4.86. The maximum atomic E-state index is 12.1. The van der Waals surface area contributed by atoms with Gasteiger partial charge in [0.15, 0.2) is 0 Å². The average Bonchev–Trinajstić information content (AvgIpc) is 3.14. The van der Waals surface area contributed by atoms with Crippen LogP contribution in [-0.4, -0.2) is 46.0 Å². The summed E-state index contributed by atoms with van der Waals surface area (Å²) in [5.74, 6) is 0. The van der Waals surface area contributed by atoms with Gasteiger partial charge in [0.05, 0.1) is 0 Å². The molecule has 20 heavy (non-hydrogen) atoms. The van der Waals surface area contributed by atoms with E-state index in [0.717, 1.165) is 18.7 Å². The summed E-state index contributed by atoms with van der Waals surface area (Å²) < 4.78 is 27.4. The normalized spacial score (nSPS) is 15.9. The zero-order valence-electron chi connectivity index (χ0n) is 12.1. The molecule has 1 aromatic rings. The van der Waals surface area contributed by atoms with Crippen LogP contribution < -0.4 is 10.0 Å². The topological polar surface area (TPSA) is 61.4 Å². The molecule has 1 fully saturated rings. The van der Waals surface area contributed by atoms with Gasteiger partial charge < -0.3 is 10.2 Å². The van der Waals surface area contributed by atoms with Crippen molar-refractivity contribution in [2.24, 2.45) is 0 Å². The molecule has 1 heterocycles. The molecular weight excluding hydrogens is 294 g/mol. The maximum Gasteiger partial charge on any atom is 0.250 e. The lowest BCUT2D eigenvalue weighted by Crippen LogP contribution is -2.33. The number of nitrogens with zero attached hydrogens (tertiary/aromatic N) is 1. The molecule has 0 spiro atoms. The van der Waals surface area contributed by atoms with Crippen molar-refractivity contribution in [3.63, 3.8) is 0 Å². The standard InChI is InChI=1S/C13H23N3O2S2/c1-3-14-9-11-8-13(19-10-11)20(17,18)15-6-7-16(2)12-4-5-12/h8,10,12,14-15H,3-7,9H2,1-2H3. The Balaban J connectivity index is 1.83. The molecule has 7 heteroatoms. The van der Waals surface area contributed by atoms with Crippen LogP contribution >= 0.6 is 11.3 Å². The molecule has 114 valence electrons. The maximum absolute atomic E-state index is 12.1. The lowest BCUT2D eigenvalue weighted by atomic mass is 10.3. The molecule has 2 rings (SSSR count). The van der Waals surface area contributed by atoms with Crippen LogP contribution in [0.3, 0.4) is 0 Å². The fourth-order valence-corrected chi connectivity index (χ4v) is 4.26. The van der Waals surface area contributed by atoms with E-state index in [9.17, 15) is 8.42 Å². The molecule has 2 N–H and O–H groups in total. The van der Waals surface area contributed by atoms with Crippen LogP contribution in [0.15, 0.2) is 15.7 Å². The van der Waals surface area contributed by atoms with Crippen LogP contribution in [0.25, 0.3) is 0 Å². The number of likely N-dealkylation sites (N-methyl/N-ethyl adjacent to an activating group) is 1.